The fourth-order valence-electron chi connectivity index (χ4n) is 1.75. The van der Waals surface area contributed by atoms with Gasteiger partial charge >= 0.3 is 5.97 Å². The second-order valence-corrected chi connectivity index (χ2v) is 4.26. The lowest BCUT2D eigenvalue weighted by Gasteiger charge is -2.30. The summed E-state index contributed by atoms with van der Waals surface area (Å²) in [5.74, 6) is -2.22. The number of ketones is 1. The van der Waals surface area contributed by atoms with Gasteiger partial charge in [0, 0.05) is 5.92 Å². The number of rotatable bonds is 5. The first-order valence-corrected chi connectivity index (χ1v) is 5.36. The van der Waals surface area contributed by atoms with E-state index in [1.54, 1.807) is 30.3 Å². The van der Waals surface area contributed by atoms with Crippen molar-refractivity contribution in [2.24, 2.45) is 0 Å². The lowest BCUT2D eigenvalue weighted by atomic mass is 9.79. The van der Waals surface area contributed by atoms with Crippen molar-refractivity contribution in [2.45, 2.75) is 31.8 Å². The number of aliphatic hydroxyl groups is 1. The van der Waals surface area contributed by atoms with Gasteiger partial charge in [-0.05, 0) is 19.4 Å². The standard InChI is InChI=1S/C13H16O4/c1-9(14)13(2,17)11(8-12(15)16)10-6-4-3-5-7-10/h3-7,11,17H,8H2,1-2H3,(H,15,16). The molecule has 0 spiro atoms. The Morgan fingerprint density at radius 2 is 1.82 bits per heavy atom. The summed E-state index contributed by atoms with van der Waals surface area (Å²) in [6.45, 7) is 2.62. The molecule has 0 aliphatic heterocycles. The third-order valence-corrected chi connectivity index (χ3v) is 2.97. The Kier molecular flexibility index (Phi) is 4.02. The highest BCUT2D eigenvalue weighted by Crippen LogP contribution is 2.32. The minimum Gasteiger partial charge on any atom is -0.481 e. The number of aliphatic carboxylic acids is 1. The molecule has 0 amide bonds. The summed E-state index contributed by atoms with van der Waals surface area (Å²) >= 11 is 0. The van der Waals surface area contributed by atoms with Crippen molar-refractivity contribution in [3.05, 3.63) is 35.9 Å². The van der Waals surface area contributed by atoms with Gasteiger partial charge in [-0.2, -0.15) is 0 Å². The minimum absolute atomic E-state index is 0.281. The molecular weight excluding hydrogens is 220 g/mol. The largest absolute Gasteiger partial charge is 0.481 e. The van der Waals surface area contributed by atoms with Crippen LogP contribution in [0.25, 0.3) is 0 Å². The van der Waals surface area contributed by atoms with E-state index in [9.17, 15) is 14.7 Å². The van der Waals surface area contributed by atoms with Crippen molar-refractivity contribution >= 4 is 11.8 Å². The summed E-state index contributed by atoms with van der Waals surface area (Å²) in [7, 11) is 0. The molecule has 2 N–H and O–H groups in total. The van der Waals surface area contributed by atoms with Crippen molar-refractivity contribution in [3.8, 4) is 0 Å². The molecule has 0 radical (unpaired) electrons. The first-order chi connectivity index (χ1) is 7.85. The fraction of sp³-hybridized carbons (Fsp3) is 0.385. The molecule has 0 aromatic heterocycles. The third-order valence-electron chi connectivity index (χ3n) is 2.97. The molecular formula is C13H16O4. The summed E-state index contributed by atoms with van der Waals surface area (Å²) in [6.07, 6.45) is -0.281. The van der Waals surface area contributed by atoms with Crippen LogP contribution in [0, 0.1) is 0 Å². The smallest absolute Gasteiger partial charge is 0.304 e. The first kappa shape index (κ1) is 13.4. The van der Waals surface area contributed by atoms with Crippen molar-refractivity contribution in [1.82, 2.24) is 0 Å². The Bertz CT molecular complexity index is 409. The SMILES string of the molecule is CC(=O)C(C)(O)C(CC(=O)O)c1ccccc1. The number of hydrogen-bond donors (Lipinski definition) is 2. The molecule has 1 aromatic rings. The summed E-state index contributed by atoms with van der Waals surface area (Å²) in [4.78, 5) is 22.2. The van der Waals surface area contributed by atoms with E-state index >= 15 is 0 Å². The number of carboxylic acid groups (broad SMARTS) is 1. The molecule has 0 bridgehead atoms. The summed E-state index contributed by atoms with van der Waals surface area (Å²) in [6, 6.07) is 8.72. The van der Waals surface area contributed by atoms with Gasteiger partial charge in [0.05, 0.1) is 6.42 Å². The second-order valence-electron chi connectivity index (χ2n) is 4.26. The quantitative estimate of drug-likeness (QED) is 0.814. The van der Waals surface area contributed by atoms with E-state index < -0.39 is 23.3 Å². The first-order valence-electron chi connectivity index (χ1n) is 5.36. The molecule has 0 heterocycles. The molecule has 0 saturated heterocycles. The van der Waals surface area contributed by atoms with Gasteiger partial charge in [0.25, 0.3) is 0 Å². The number of benzene rings is 1. The van der Waals surface area contributed by atoms with Crippen LogP contribution in [-0.4, -0.2) is 27.6 Å². The van der Waals surface area contributed by atoms with Crippen LogP contribution < -0.4 is 0 Å². The third kappa shape index (κ3) is 3.14. The molecule has 0 saturated carbocycles. The molecule has 0 fully saturated rings. The Morgan fingerprint density at radius 3 is 2.24 bits per heavy atom. The van der Waals surface area contributed by atoms with Crippen LogP contribution in [0.1, 0.15) is 31.7 Å². The maximum absolute atomic E-state index is 11.4. The van der Waals surface area contributed by atoms with E-state index in [1.165, 1.54) is 13.8 Å². The Balaban J connectivity index is 3.13. The summed E-state index contributed by atoms with van der Waals surface area (Å²) in [5, 5.41) is 19.0. The topological polar surface area (TPSA) is 74.6 Å². The van der Waals surface area contributed by atoms with E-state index in [0.717, 1.165) is 0 Å². The maximum Gasteiger partial charge on any atom is 0.304 e. The average molecular weight is 236 g/mol. The molecule has 17 heavy (non-hydrogen) atoms. The molecule has 4 heteroatoms. The summed E-state index contributed by atoms with van der Waals surface area (Å²) < 4.78 is 0. The van der Waals surface area contributed by atoms with Crippen molar-refractivity contribution in [1.29, 1.82) is 0 Å². The maximum atomic E-state index is 11.4. The molecule has 0 aliphatic rings. The number of carbonyl (C=O) groups excluding carboxylic acids is 1. The van der Waals surface area contributed by atoms with Crippen molar-refractivity contribution < 1.29 is 19.8 Å². The van der Waals surface area contributed by atoms with Crippen LogP contribution in [0.2, 0.25) is 0 Å². The summed E-state index contributed by atoms with van der Waals surface area (Å²) in [5.41, 5.74) is -1.02. The van der Waals surface area contributed by atoms with Gasteiger partial charge in [-0.1, -0.05) is 30.3 Å². The van der Waals surface area contributed by atoms with Crippen molar-refractivity contribution in [3.63, 3.8) is 0 Å². The van der Waals surface area contributed by atoms with E-state index in [2.05, 4.69) is 0 Å². The minimum atomic E-state index is -1.67. The lowest BCUT2D eigenvalue weighted by molar-refractivity contribution is -0.142. The zero-order valence-electron chi connectivity index (χ0n) is 9.88. The van der Waals surface area contributed by atoms with Gasteiger partial charge in [-0.15, -0.1) is 0 Å². The van der Waals surface area contributed by atoms with E-state index in [0.29, 0.717) is 5.56 Å². The van der Waals surface area contributed by atoms with Gasteiger partial charge in [-0.25, -0.2) is 0 Å². The van der Waals surface area contributed by atoms with E-state index in [4.69, 9.17) is 5.11 Å². The highest BCUT2D eigenvalue weighted by molar-refractivity contribution is 5.86. The fourth-order valence-corrected chi connectivity index (χ4v) is 1.75. The normalized spacial score (nSPS) is 15.9. The van der Waals surface area contributed by atoms with Crippen LogP contribution in [0.3, 0.4) is 0 Å². The highest BCUT2D eigenvalue weighted by atomic mass is 16.4. The molecule has 2 atom stereocenters. The molecule has 1 rings (SSSR count). The van der Waals surface area contributed by atoms with Gasteiger partial charge < -0.3 is 10.2 Å². The molecule has 0 aliphatic carbocycles. The van der Waals surface area contributed by atoms with E-state index in [1.807, 2.05) is 0 Å². The van der Waals surface area contributed by atoms with Gasteiger partial charge in [0.15, 0.2) is 5.78 Å². The molecule has 1 aromatic carbocycles. The number of carbonyl (C=O) groups is 2. The van der Waals surface area contributed by atoms with Gasteiger partial charge in [0.2, 0.25) is 0 Å². The Morgan fingerprint density at radius 1 is 1.29 bits per heavy atom. The number of carboxylic acids is 1. The van der Waals surface area contributed by atoms with Crippen LogP contribution in [-0.2, 0) is 9.59 Å². The number of hydrogen-bond acceptors (Lipinski definition) is 3. The van der Waals surface area contributed by atoms with Crippen LogP contribution in [0.15, 0.2) is 30.3 Å². The van der Waals surface area contributed by atoms with Crippen LogP contribution in [0.5, 0.6) is 0 Å². The predicted molar refractivity (Wildman–Crippen MR) is 62.7 cm³/mol. The lowest BCUT2D eigenvalue weighted by Crippen LogP contribution is -2.41. The van der Waals surface area contributed by atoms with Crippen molar-refractivity contribution in [2.75, 3.05) is 0 Å². The van der Waals surface area contributed by atoms with Gasteiger partial charge in [-0.3, -0.25) is 9.59 Å². The average Bonchev–Trinajstić information content (AvgIpc) is 2.26. The highest BCUT2D eigenvalue weighted by Gasteiger charge is 2.38. The number of Topliss-reactive ketones (excluding diaryl/α,β-unsaturated/α-hetero) is 1. The van der Waals surface area contributed by atoms with E-state index in [-0.39, 0.29) is 6.42 Å². The van der Waals surface area contributed by atoms with Gasteiger partial charge in [0.1, 0.15) is 5.60 Å². The zero-order valence-corrected chi connectivity index (χ0v) is 9.88. The Hall–Kier alpha value is -1.68. The zero-order chi connectivity index (χ0) is 13.1. The van der Waals surface area contributed by atoms with Crippen LogP contribution >= 0.6 is 0 Å². The predicted octanol–water partition coefficient (Wildman–Crippen LogP) is 1.58. The molecule has 2 unspecified atom stereocenters. The molecule has 4 nitrogen and oxygen atoms in total. The van der Waals surface area contributed by atoms with Crippen LogP contribution in [0.4, 0.5) is 0 Å². The molecule has 92 valence electrons. The monoisotopic (exact) mass is 236 g/mol. The Labute approximate surface area is 99.9 Å². The second kappa shape index (κ2) is 5.10.